The van der Waals surface area contributed by atoms with Crippen LogP contribution in [0.4, 0.5) is 0 Å². The summed E-state index contributed by atoms with van der Waals surface area (Å²) in [5.41, 5.74) is -0.0695. The Morgan fingerprint density at radius 2 is 2.09 bits per heavy atom. The molecule has 0 fully saturated rings. The maximum atomic E-state index is 5.42. The molecule has 0 rings (SSSR count). The van der Waals surface area contributed by atoms with Crippen LogP contribution in [0.2, 0.25) is 0 Å². The maximum absolute atomic E-state index is 5.42. The van der Waals surface area contributed by atoms with Crippen LogP contribution in [0.3, 0.4) is 0 Å². The molecule has 0 saturated heterocycles. The van der Waals surface area contributed by atoms with Gasteiger partial charge in [0, 0.05) is 6.54 Å². The molecule has 0 aliphatic rings. The van der Waals surface area contributed by atoms with Crippen LogP contribution in [0.15, 0.2) is 0 Å². The Bertz CT molecular complexity index is 131. The van der Waals surface area contributed by atoms with Crippen molar-refractivity contribution in [3.05, 3.63) is 0 Å². The number of hydrogen-bond acceptors (Lipinski definition) is 2. The first-order chi connectivity index (χ1) is 4.92. The van der Waals surface area contributed by atoms with Gasteiger partial charge < -0.3 is 10.1 Å². The fourth-order valence-corrected chi connectivity index (χ4v) is 0.729. The maximum Gasteiger partial charge on any atom is 0.130 e. The van der Waals surface area contributed by atoms with Gasteiger partial charge in [0.15, 0.2) is 0 Å². The van der Waals surface area contributed by atoms with E-state index >= 15 is 0 Å². The third-order valence-electron chi connectivity index (χ3n) is 0.913. The first-order valence-electron chi connectivity index (χ1n) is 3.52. The molecule has 0 bridgehead atoms. The van der Waals surface area contributed by atoms with Crippen molar-refractivity contribution in [2.45, 2.75) is 26.4 Å². The minimum atomic E-state index is -0.0695. The molecule has 4 heteroatoms. The Balaban J connectivity index is 3.22. The van der Waals surface area contributed by atoms with Crippen LogP contribution >= 0.6 is 24.8 Å². The summed E-state index contributed by atoms with van der Waals surface area (Å²) in [7, 11) is 0. The third-order valence-corrected chi connectivity index (χ3v) is 1.22. The smallest absolute Gasteiger partial charge is 0.130 e. The van der Waals surface area contributed by atoms with Crippen molar-refractivity contribution in [2.24, 2.45) is 0 Å². The Morgan fingerprint density at radius 1 is 1.55 bits per heavy atom. The summed E-state index contributed by atoms with van der Waals surface area (Å²) in [5, 5.41) is 2.89. The number of ether oxygens (including phenoxy) is 1. The van der Waals surface area contributed by atoms with Crippen molar-refractivity contribution < 1.29 is 4.74 Å². The Kier molecular flexibility index (Phi) is 5.04. The van der Waals surface area contributed by atoms with Crippen LogP contribution in [0.1, 0.15) is 20.8 Å². The minimum Gasteiger partial charge on any atom is -0.374 e. The van der Waals surface area contributed by atoms with Gasteiger partial charge >= 0.3 is 0 Å². The van der Waals surface area contributed by atoms with Gasteiger partial charge in [0.05, 0.1) is 12.2 Å². The lowest BCUT2D eigenvalue weighted by Gasteiger charge is -2.19. The zero-order valence-electron chi connectivity index (χ0n) is 7.18. The van der Waals surface area contributed by atoms with E-state index in [1.54, 1.807) is 0 Å². The second kappa shape index (κ2) is 4.95. The van der Waals surface area contributed by atoms with Crippen molar-refractivity contribution in [1.82, 2.24) is 5.32 Å². The Labute approximate surface area is 79.1 Å². The van der Waals surface area contributed by atoms with Gasteiger partial charge in [-0.05, 0) is 20.8 Å². The molecule has 0 heterocycles. The van der Waals surface area contributed by atoms with E-state index < -0.39 is 0 Å². The van der Waals surface area contributed by atoms with Gasteiger partial charge in [0.1, 0.15) is 4.32 Å². The second-order valence-electron chi connectivity index (χ2n) is 3.19. The zero-order valence-corrected chi connectivity index (χ0v) is 8.89. The van der Waals surface area contributed by atoms with Crippen LogP contribution in [0.25, 0.3) is 0 Å². The largest absolute Gasteiger partial charge is 0.374 e. The van der Waals surface area contributed by atoms with Crippen LogP contribution in [0, 0.1) is 0 Å². The van der Waals surface area contributed by atoms with Gasteiger partial charge in [-0.25, -0.2) is 0 Å². The zero-order chi connectivity index (χ0) is 8.91. The molecule has 0 unspecified atom stereocenters. The van der Waals surface area contributed by atoms with Gasteiger partial charge in [-0.15, -0.1) is 12.6 Å². The molecule has 66 valence electrons. The Hall–Kier alpha value is 0.200. The van der Waals surface area contributed by atoms with E-state index in [0.717, 1.165) is 6.54 Å². The lowest BCUT2D eigenvalue weighted by molar-refractivity contribution is 0.000665. The number of hydrogen-bond donors (Lipinski definition) is 2. The third kappa shape index (κ3) is 10.2. The predicted molar refractivity (Wildman–Crippen MR) is 55.3 cm³/mol. The molecule has 0 radical (unpaired) electrons. The van der Waals surface area contributed by atoms with Crippen molar-refractivity contribution in [3.63, 3.8) is 0 Å². The molecule has 0 atom stereocenters. The van der Waals surface area contributed by atoms with E-state index in [1.165, 1.54) is 0 Å². The number of thiocarbonyl (C=S) groups is 1. The quantitative estimate of drug-likeness (QED) is 0.404. The highest BCUT2D eigenvalue weighted by Gasteiger charge is 2.08. The van der Waals surface area contributed by atoms with Crippen molar-refractivity contribution >= 4 is 29.2 Å². The van der Waals surface area contributed by atoms with Gasteiger partial charge in [0.25, 0.3) is 0 Å². The van der Waals surface area contributed by atoms with Gasteiger partial charge in [-0.3, -0.25) is 0 Å². The summed E-state index contributed by atoms with van der Waals surface area (Å²) < 4.78 is 5.94. The lowest BCUT2D eigenvalue weighted by Crippen LogP contribution is -2.27. The van der Waals surface area contributed by atoms with Crippen LogP contribution in [-0.4, -0.2) is 23.1 Å². The Morgan fingerprint density at radius 3 is 2.45 bits per heavy atom. The molecule has 2 nitrogen and oxygen atoms in total. The molecular weight excluding hydrogens is 178 g/mol. The lowest BCUT2D eigenvalue weighted by atomic mass is 10.2. The molecule has 0 aromatic carbocycles. The van der Waals surface area contributed by atoms with Crippen LogP contribution in [0.5, 0.6) is 0 Å². The minimum absolute atomic E-state index is 0.0695. The molecule has 0 saturated carbocycles. The van der Waals surface area contributed by atoms with Crippen LogP contribution < -0.4 is 5.32 Å². The normalized spacial score (nSPS) is 11.3. The summed E-state index contributed by atoms with van der Waals surface area (Å²) in [5.74, 6) is 0. The average Bonchev–Trinajstić information content (AvgIpc) is 1.78. The number of rotatable bonds is 3. The fourth-order valence-electron chi connectivity index (χ4n) is 0.515. The summed E-state index contributed by atoms with van der Waals surface area (Å²) in [6.07, 6.45) is 0. The van der Waals surface area contributed by atoms with E-state index in [9.17, 15) is 0 Å². The van der Waals surface area contributed by atoms with Gasteiger partial charge in [-0.2, -0.15) is 0 Å². The molecule has 11 heavy (non-hydrogen) atoms. The van der Waals surface area contributed by atoms with E-state index in [2.05, 4.69) is 17.9 Å². The fraction of sp³-hybridized carbons (Fsp3) is 0.857. The molecule has 0 aromatic rings. The first kappa shape index (κ1) is 11.2. The first-order valence-corrected chi connectivity index (χ1v) is 4.38. The van der Waals surface area contributed by atoms with E-state index in [0.29, 0.717) is 10.9 Å². The molecular formula is C7H15NOS2. The monoisotopic (exact) mass is 193 g/mol. The van der Waals surface area contributed by atoms with Gasteiger partial charge in [0.2, 0.25) is 0 Å². The highest BCUT2D eigenvalue weighted by Crippen LogP contribution is 2.04. The summed E-state index contributed by atoms with van der Waals surface area (Å²) >= 11 is 8.61. The number of thiol groups is 1. The van der Waals surface area contributed by atoms with E-state index in [4.69, 9.17) is 17.0 Å². The summed E-state index contributed by atoms with van der Waals surface area (Å²) in [6, 6.07) is 0. The van der Waals surface area contributed by atoms with Gasteiger partial charge in [-0.1, -0.05) is 12.2 Å². The second-order valence-corrected chi connectivity index (χ2v) is 4.35. The predicted octanol–water partition coefficient (Wildman–Crippen LogP) is 1.61. The summed E-state index contributed by atoms with van der Waals surface area (Å²) in [6.45, 7) is 7.44. The highest BCUT2D eigenvalue weighted by atomic mass is 32.1. The van der Waals surface area contributed by atoms with Crippen molar-refractivity contribution in [2.75, 3.05) is 13.2 Å². The SMILES string of the molecule is CC(C)(C)OCCNC(=S)S. The number of nitrogens with one attached hydrogen (secondary N) is 1. The molecule has 0 aromatic heterocycles. The standard InChI is InChI=1S/C7H15NOS2/c1-7(2,3)9-5-4-8-6(10)11/h4-5H2,1-3H3,(H2,8,10,11). The molecule has 0 spiro atoms. The molecule has 0 aliphatic carbocycles. The summed E-state index contributed by atoms with van der Waals surface area (Å²) in [4.78, 5) is 0. The van der Waals surface area contributed by atoms with E-state index in [1.807, 2.05) is 20.8 Å². The van der Waals surface area contributed by atoms with E-state index in [-0.39, 0.29) is 5.60 Å². The van der Waals surface area contributed by atoms with Crippen molar-refractivity contribution in [1.29, 1.82) is 0 Å². The molecule has 0 aliphatic heterocycles. The van der Waals surface area contributed by atoms with Crippen LogP contribution in [-0.2, 0) is 4.74 Å². The molecule has 1 N–H and O–H groups in total. The van der Waals surface area contributed by atoms with Crippen molar-refractivity contribution in [3.8, 4) is 0 Å². The topological polar surface area (TPSA) is 21.3 Å². The average molecular weight is 193 g/mol. The highest BCUT2D eigenvalue weighted by molar-refractivity contribution is 8.11. The molecule has 0 amide bonds.